The van der Waals surface area contributed by atoms with Crippen molar-refractivity contribution >= 4 is 29.3 Å². The highest BCUT2D eigenvalue weighted by Crippen LogP contribution is 2.30. The molecule has 0 amide bonds. The van der Waals surface area contributed by atoms with Gasteiger partial charge in [0, 0.05) is 11.9 Å². The van der Waals surface area contributed by atoms with Crippen LogP contribution in [0.5, 0.6) is 0 Å². The molecule has 0 fully saturated rings. The molecule has 0 aliphatic carbocycles. The molecule has 3 rings (SSSR count). The van der Waals surface area contributed by atoms with Crippen LogP contribution in [0.2, 0.25) is 0 Å². The molecule has 27 heavy (non-hydrogen) atoms. The predicted molar refractivity (Wildman–Crippen MR) is 103 cm³/mol. The maximum Gasteiger partial charge on any atom is 0.323 e. The molecule has 0 saturated carbocycles. The molecule has 2 unspecified atom stereocenters. The van der Waals surface area contributed by atoms with Crippen molar-refractivity contribution in [3.05, 3.63) is 71.7 Å². The van der Waals surface area contributed by atoms with Crippen molar-refractivity contribution < 1.29 is 19.0 Å². The average molecular weight is 366 g/mol. The average Bonchev–Trinajstić information content (AvgIpc) is 2.61. The molecule has 2 atom stereocenters. The third-order valence-electron chi connectivity index (χ3n) is 4.06. The summed E-state index contributed by atoms with van der Waals surface area (Å²) in [5.74, 6) is -1.83. The van der Waals surface area contributed by atoms with Crippen LogP contribution in [-0.2, 0) is 9.53 Å². The second-order valence-corrected chi connectivity index (χ2v) is 6.22. The number of benzene rings is 2. The number of aliphatic imine (C=N–C) groups is 2. The van der Waals surface area contributed by atoms with Gasteiger partial charge in [-0.05, 0) is 49.8 Å². The van der Waals surface area contributed by atoms with Gasteiger partial charge in [-0.3, -0.25) is 14.8 Å². The number of carbonyl (C=O) groups is 1. The molecule has 0 radical (unpaired) electrons. The van der Waals surface area contributed by atoms with Gasteiger partial charge in [-0.15, -0.1) is 0 Å². The van der Waals surface area contributed by atoms with Gasteiger partial charge in [0.05, 0.1) is 11.4 Å². The summed E-state index contributed by atoms with van der Waals surface area (Å²) in [6, 6.07) is 13.1. The topological polar surface area (TPSA) is 71.2 Å². The van der Waals surface area contributed by atoms with E-state index >= 15 is 0 Å². The Hall–Kier alpha value is -3.28. The SMILES string of the molecule is CC(=Nc1ccccc1N=Cc1ccc(F)cc1)C1C(=O)OC(C)C=C1O. The van der Waals surface area contributed by atoms with E-state index in [1.54, 1.807) is 50.4 Å². The highest BCUT2D eigenvalue weighted by molar-refractivity contribution is 6.05. The number of hydrogen-bond donors (Lipinski definition) is 1. The Morgan fingerprint density at radius 1 is 1.15 bits per heavy atom. The maximum absolute atomic E-state index is 13.0. The summed E-state index contributed by atoms with van der Waals surface area (Å²) >= 11 is 0. The first kappa shape index (κ1) is 18.5. The molecule has 5 nitrogen and oxygen atoms in total. The van der Waals surface area contributed by atoms with Crippen LogP contribution in [0.15, 0.2) is 70.4 Å². The first-order valence-corrected chi connectivity index (χ1v) is 8.49. The van der Waals surface area contributed by atoms with E-state index < -0.39 is 18.0 Å². The van der Waals surface area contributed by atoms with Crippen LogP contribution < -0.4 is 0 Å². The fourth-order valence-electron chi connectivity index (χ4n) is 2.74. The molecule has 2 aromatic carbocycles. The van der Waals surface area contributed by atoms with Crippen LogP contribution >= 0.6 is 0 Å². The summed E-state index contributed by atoms with van der Waals surface area (Å²) in [6.45, 7) is 3.34. The van der Waals surface area contributed by atoms with Gasteiger partial charge < -0.3 is 9.84 Å². The Bertz CT molecular complexity index is 933. The highest BCUT2D eigenvalue weighted by atomic mass is 19.1. The lowest BCUT2D eigenvalue weighted by atomic mass is 9.98. The van der Waals surface area contributed by atoms with Crippen LogP contribution in [0.25, 0.3) is 0 Å². The summed E-state index contributed by atoms with van der Waals surface area (Å²) in [5, 5.41) is 10.1. The van der Waals surface area contributed by atoms with E-state index in [-0.39, 0.29) is 11.6 Å². The van der Waals surface area contributed by atoms with E-state index in [9.17, 15) is 14.3 Å². The third kappa shape index (κ3) is 4.47. The van der Waals surface area contributed by atoms with Crippen molar-refractivity contribution in [3.63, 3.8) is 0 Å². The summed E-state index contributed by atoms with van der Waals surface area (Å²) in [7, 11) is 0. The molecule has 0 aromatic heterocycles. The zero-order valence-corrected chi connectivity index (χ0v) is 15.0. The summed E-state index contributed by atoms with van der Waals surface area (Å²) in [6.07, 6.45) is 2.63. The molecule has 0 saturated heterocycles. The quantitative estimate of drug-likeness (QED) is 0.631. The van der Waals surface area contributed by atoms with Crippen molar-refractivity contribution in [1.29, 1.82) is 0 Å². The first-order valence-electron chi connectivity index (χ1n) is 8.49. The molecule has 1 aliphatic heterocycles. The van der Waals surface area contributed by atoms with E-state index in [1.807, 2.05) is 6.07 Å². The van der Waals surface area contributed by atoms with Gasteiger partial charge in [0.15, 0.2) is 5.92 Å². The Morgan fingerprint density at radius 3 is 2.48 bits per heavy atom. The lowest BCUT2D eigenvalue weighted by molar-refractivity contribution is -0.150. The van der Waals surface area contributed by atoms with Gasteiger partial charge in [0.1, 0.15) is 17.7 Å². The number of aliphatic hydroxyl groups excluding tert-OH is 1. The second kappa shape index (κ2) is 7.95. The minimum absolute atomic E-state index is 0.0627. The van der Waals surface area contributed by atoms with E-state index in [0.29, 0.717) is 17.1 Å². The lowest BCUT2D eigenvalue weighted by Crippen LogP contribution is -2.33. The van der Waals surface area contributed by atoms with Gasteiger partial charge in [-0.25, -0.2) is 4.39 Å². The van der Waals surface area contributed by atoms with Crippen LogP contribution in [0.3, 0.4) is 0 Å². The fraction of sp³-hybridized carbons (Fsp3) is 0.190. The van der Waals surface area contributed by atoms with Gasteiger partial charge >= 0.3 is 5.97 Å². The number of carbonyl (C=O) groups excluding carboxylic acids is 1. The number of ether oxygens (including phenoxy) is 1. The number of para-hydroxylation sites is 2. The zero-order valence-electron chi connectivity index (χ0n) is 15.0. The van der Waals surface area contributed by atoms with Crippen molar-refractivity contribution in [3.8, 4) is 0 Å². The van der Waals surface area contributed by atoms with Gasteiger partial charge in [-0.1, -0.05) is 24.3 Å². The van der Waals surface area contributed by atoms with Crippen molar-refractivity contribution in [2.45, 2.75) is 20.0 Å². The first-order chi connectivity index (χ1) is 12.9. The Balaban J connectivity index is 1.89. The number of aliphatic hydroxyl groups is 1. The number of rotatable bonds is 4. The molecule has 0 spiro atoms. The Morgan fingerprint density at radius 2 is 1.81 bits per heavy atom. The number of esters is 1. The van der Waals surface area contributed by atoms with Crippen LogP contribution in [0.1, 0.15) is 19.4 Å². The van der Waals surface area contributed by atoms with Crippen molar-refractivity contribution in [2.24, 2.45) is 15.9 Å². The molecule has 2 aromatic rings. The zero-order chi connectivity index (χ0) is 19.4. The van der Waals surface area contributed by atoms with Gasteiger partial charge in [-0.2, -0.15) is 0 Å². The number of nitrogens with zero attached hydrogens (tertiary/aromatic N) is 2. The number of hydrogen-bond acceptors (Lipinski definition) is 5. The fourth-order valence-corrected chi connectivity index (χ4v) is 2.74. The van der Waals surface area contributed by atoms with Gasteiger partial charge in [0.2, 0.25) is 0 Å². The minimum atomic E-state index is -0.921. The Labute approximate surface area is 156 Å². The summed E-state index contributed by atoms with van der Waals surface area (Å²) in [5.41, 5.74) is 2.29. The number of cyclic esters (lactones) is 1. The highest BCUT2D eigenvalue weighted by Gasteiger charge is 2.33. The summed E-state index contributed by atoms with van der Waals surface area (Å²) < 4.78 is 18.2. The molecule has 138 valence electrons. The standard InChI is InChI=1S/C21H19FN2O3/c1-13-11-19(25)20(21(26)27-13)14(2)24-18-6-4-3-5-17(18)23-12-15-7-9-16(22)10-8-15/h3-13,20,25H,1-2H3. The Kier molecular flexibility index (Phi) is 5.45. The van der Waals surface area contributed by atoms with Crippen molar-refractivity contribution in [1.82, 2.24) is 0 Å². The molecular formula is C21H19FN2O3. The van der Waals surface area contributed by atoms with Gasteiger partial charge in [0.25, 0.3) is 0 Å². The minimum Gasteiger partial charge on any atom is -0.511 e. The largest absolute Gasteiger partial charge is 0.511 e. The van der Waals surface area contributed by atoms with E-state index in [1.165, 1.54) is 18.2 Å². The van der Waals surface area contributed by atoms with Crippen LogP contribution in [-0.4, -0.2) is 29.1 Å². The maximum atomic E-state index is 13.0. The molecule has 6 heteroatoms. The van der Waals surface area contributed by atoms with Crippen LogP contribution in [0, 0.1) is 11.7 Å². The normalized spacial score (nSPS) is 20.5. The second-order valence-electron chi connectivity index (χ2n) is 6.22. The number of halogens is 1. The smallest absolute Gasteiger partial charge is 0.323 e. The summed E-state index contributed by atoms with van der Waals surface area (Å²) in [4.78, 5) is 21.0. The van der Waals surface area contributed by atoms with E-state index in [2.05, 4.69) is 9.98 Å². The predicted octanol–water partition coefficient (Wildman–Crippen LogP) is 4.67. The van der Waals surface area contributed by atoms with E-state index in [0.717, 1.165) is 5.56 Å². The third-order valence-corrected chi connectivity index (χ3v) is 4.06. The monoisotopic (exact) mass is 366 g/mol. The van der Waals surface area contributed by atoms with E-state index in [4.69, 9.17) is 4.74 Å². The molecule has 1 aliphatic rings. The van der Waals surface area contributed by atoms with Crippen LogP contribution in [0.4, 0.5) is 15.8 Å². The molecule has 0 bridgehead atoms. The molecule has 1 N–H and O–H groups in total. The lowest BCUT2D eigenvalue weighted by Gasteiger charge is -2.23. The van der Waals surface area contributed by atoms with Crippen molar-refractivity contribution in [2.75, 3.05) is 0 Å². The molecule has 1 heterocycles. The molecular weight excluding hydrogens is 347 g/mol.